The molecule has 0 unspecified atom stereocenters. The minimum Gasteiger partial charge on any atom is -0.497 e. The van der Waals surface area contributed by atoms with Crippen LogP contribution in [-0.4, -0.2) is 30.3 Å². The van der Waals surface area contributed by atoms with Gasteiger partial charge in [0.1, 0.15) is 11.5 Å². The zero-order valence-corrected chi connectivity index (χ0v) is 14.1. The number of rotatable bonds is 6. The third-order valence-corrected chi connectivity index (χ3v) is 3.87. The highest BCUT2D eigenvalue weighted by Gasteiger charge is 2.15. The SMILES string of the molecule is COc1ccc(CNC(=O)c2cn[nH]c2-c2ccc(OC)cc2)cc1. The molecule has 1 amide bonds. The Morgan fingerprint density at radius 3 is 2.20 bits per heavy atom. The van der Waals surface area contributed by atoms with Crippen LogP contribution in [0.2, 0.25) is 0 Å². The minimum atomic E-state index is -0.185. The van der Waals surface area contributed by atoms with Gasteiger partial charge in [-0.2, -0.15) is 5.10 Å². The van der Waals surface area contributed by atoms with Crippen molar-refractivity contribution >= 4 is 5.91 Å². The van der Waals surface area contributed by atoms with Gasteiger partial charge in [0.05, 0.1) is 31.7 Å². The van der Waals surface area contributed by atoms with E-state index in [0.717, 1.165) is 22.6 Å². The summed E-state index contributed by atoms with van der Waals surface area (Å²) in [6.07, 6.45) is 1.53. The van der Waals surface area contributed by atoms with Crippen LogP contribution in [0.15, 0.2) is 54.7 Å². The summed E-state index contributed by atoms with van der Waals surface area (Å²) in [5.74, 6) is 1.36. The third kappa shape index (κ3) is 3.80. The number of ether oxygens (including phenoxy) is 2. The van der Waals surface area contributed by atoms with Crippen LogP contribution in [0.1, 0.15) is 15.9 Å². The van der Waals surface area contributed by atoms with Gasteiger partial charge in [-0.05, 0) is 42.0 Å². The fourth-order valence-electron chi connectivity index (χ4n) is 2.46. The number of amides is 1. The lowest BCUT2D eigenvalue weighted by molar-refractivity contribution is 0.0951. The van der Waals surface area contributed by atoms with Gasteiger partial charge in [0, 0.05) is 12.1 Å². The number of hydrogen-bond donors (Lipinski definition) is 2. The van der Waals surface area contributed by atoms with Gasteiger partial charge in [-0.1, -0.05) is 12.1 Å². The average Bonchev–Trinajstić information content (AvgIpc) is 3.16. The normalized spacial score (nSPS) is 10.3. The summed E-state index contributed by atoms with van der Waals surface area (Å²) in [6, 6.07) is 15.0. The molecule has 3 rings (SSSR count). The topological polar surface area (TPSA) is 76.2 Å². The second-order valence-corrected chi connectivity index (χ2v) is 5.42. The molecule has 2 aromatic carbocycles. The third-order valence-electron chi connectivity index (χ3n) is 3.87. The van der Waals surface area contributed by atoms with Crippen LogP contribution >= 0.6 is 0 Å². The molecule has 6 heteroatoms. The van der Waals surface area contributed by atoms with Crippen molar-refractivity contribution in [2.24, 2.45) is 0 Å². The van der Waals surface area contributed by atoms with Crippen molar-refractivity contribution in [1.29, 1.82) is 0 Å². The summed E-state index contributed by atoms with van der Waals surface area (Å²) in [5, 5.41) is 9.80. The Hall–Kier alpha value is -3.28. The van der Waals surface area contributed by atoms with Crippen LogP contribution in [0.25, 0.3) is 11.3 Å². The van der Waals surface area contributed by atoms with Crippen molar-refractivity contribution in [1.82, 2.24) is 15.5 Å². The number of carbonyl (C=O) groups excluding carboxylic acids is 1. The van der Waals surface area contributed by atoms with Gasteiger partial charge >= 0.3 is 0 Å². The molecular weight excluding hydrogens is 318 g/mol. The van der Waals surface area contributed by atoms with E-state index in [4.69, 9.17) is 9.47 Å². The number of hydrogen-bond acceptors (Lipinski definition) is 4. The molecule has 0 aliphatic carbocycles. The van der Waals surface area contributed by atoms with Crippen LogP contribution in [0.5, 0.6) is 11.5 Å². The molecule has 0 aliphatic heterocycles. The summed E-state index contributed by atoms with van der Waals surface area (Å²) in [4.78, 5) is 12.5. The van der Waals surface area contributed by atoms with Crippen molar-refractivity contribution in [3.8, 4) is 22.8 Å². The van der Waals surface area contributed by atoms with E-state index in [9.17, 15) is 4.79 Å². The lowest BCUT2D eigenvalue weighted by atomic mass is 10.1. The Balaban J connectivity index is 1.71. The van der Waals surface area contributed by atoms with Crippen LogP contribution in [-0.2, 0) is 6.54 Å². The molecule has 0 atom stereocenters. The Morgan fingerprint density at radius 2 is 1.60 bits per heavy atom. The first-order valence-corrected chi connectivity index (χ1v) is 7.80. The lowest BCUT2D eigenvalue weighted by Gasteiger charge is -2.07. The minimum absolute atomic E-state index is 0.185. The predicted octanol–water partition coefficient (Wildman–Crippen LogP) is 3.02. The average molecular weight is 337 g/mol. The number of methoxy groups -OCH3 is 2. The van der Waals surface area contributed by atoms with Crippen LogP contribution in [0.3, 0.4) is 0 Å². The molecule has 25 heavy (non-hydrogen) atoms. The van der Waals surface area contributed by atoms with Crippen LogP contribution in [0.4, 0.5) is 0 Å². The predicted molar refractivity (Wildman–Crippen MR) is 94.7 cm³/mol. The Morgan fingerprint density at radius 1 is 1.00 bits per heavy atom. The van der Waals surface area contributed by atoms with Crippen molar-refractivity contribution < 1.29 is 14.3 Å². The molecule has 0 radical (unpaired) electrons. The smallest absolute Gasteiger partial charge is 0.255 e. The van der Waals surface area contributed by atoms with Crippen LogP contribution in [0, 0.1) is 0 Å². The molecule has 0 spiro atoms. The maximum Gasteiger partial charge on any atom is 0.255 e. The highest BCUT2D eigenvalue weighted by atomic mass is 16.5. The number of aromatic nitrogens is 2. The molecule has 3 aromatic rings. The number of nitrogens with one attached hydrogen (secondary N) is 2. The summed E-state index contributed by atoms with van der Waals surface area (Å²) in [6.45, 7) is 0.427. The van der Waals surface area contributed by atoms with E-state index in [-0.39, 0.29) is 5.91 Å². The first-order chi connectivity index (χ1) is 12.2. The Bertz CT molecular complexity index is 839. The van der Waals surface area contributed by atoms with Gasteiger partial charge in [0.2, 0.25) is 0 Å². The summed E-state index contributed by atoms with van der Waals surface area (Å²) in [7, 11) is 3.24. The van der Waals surface area contributed by atoms with Crippen molar-refractivity contribution in [3.05, 3.63) is 65.9 Å². The van der Waals surface area contributed by atoms with E-state index < -0.39 is 0 Å². The molecule has 1 aromatic heterocycles. The number of nitrogens with zero attached hydrogens (tertiary/aromatic N) is 1. The number of aromatic amines is 1. The van der Waals surface area contributed by atoms with E-state index in [0.29, 0.717) is 17.8 Å². The van der Waals surface area contributed by atoms with Gasteiger partial charge in [-0.25, -0.2) is 0 Å². The molecule has 0 saturated carbocycles. The number of H-pyrrole nitrogens is 1. The summed E-state index contributed by atoms with van der Waals surface area (Å²) in [5.41, 5.74) is 3.03. The van der Waals surface area contributed by atoms with Crippen LogP contribution < -0.4 is 14.8 Å². The second kappa shape index (κ2) is 7.53. The van der Waals surface area contributed by atoms with Gasteiger partial charge in [0.25, 0.3) is 5.91 Å². The Labute approximate surface area is 145 Å². The van der Waals surface area contributed by atoms with Gasteiger partial charge in [-0.3, -0.25) is 9.89 Å². The molecule has 0 aliphatic rings. The van der Waals surface area contributed by atoms with Gasteiger partial charge in [0.15, 0.2) is 0 Å². The highest BCUT2D eigenvalue weighted by Crippen LogP contribution is 2.23. The molecule has 1 heterocycles. The molecular formula is C19H19N3O3. The van der Waals surface area contributed by atoms with E-state index in [1.165, 1.54) is 6.20 Å². The fourth-order valence-corrected chi connectivity index (χ4v) is 2.46. The zero-order chi connectivity index (χ0) is 17.6. The van der Waals surface area contributed by atoms with Crippen molar-refractivity contribution in [2.75, 3.05) is 14.2 Å². The first-order valence-electron chi connectivity index (χ1n) is 7.80. The van der Waals surface area contributed by atoms with Crippen molar-refractivity contribution in [3.63, 3.8) is 0 Å². The molecule has 0 fully saturated rings. The highest BCUT2D eigenvalue weighted by molar-refractivity contribution is 5.99. The number of benzene rings is 2. The largest absolute Gasteiger partial charge is 0.497 e. The standard InChI is InChI=1S/C19H19N3O3/c1-24-15-7-3-13(4-8-15)11-20-19(23)17-12-21-22-18(17)14-5-9-16(25-2)10-6-14/h3-10,12H,11H2,1-2H3,(H,20,23)(H,21,22). The molecule has 0 bridgehead atoms. The monoisotopic (exact) mass is 337 g/mol. The fraction of sp³-hybridized carbons (Fsp3) is 0.158. The van der Waals surface area contributed by atoms with E-state index in [1.807, 2.05) is 48.5 Å². The van der Waals surface area contributed by atoms with E-state index in [2.05, 4.69) is 15.5 Å². The Kier molecular flexibility index (Phi) is 4.99. The quantitative estimate of drug-likeness (QED) is 0.725. The second-order valence-electron chi connectivity index (χ2n) is 5.42. The first kappa shape index (κ1) is 16.6. The zero-order valence-electron chi connectivity index (χ0n) is 14.1. The molecule has 6 nitrogen and oxygen atoms in total. The van der Waals surface area contributed by atoms with E-state index >= 15 is 0 Å². The van der Waals surface area contributed by atoms with Crippen molar-refractivity contribution in [2.45, 2.75) is 6.54 Å². The van der Waals surface area contributed by atoms with Gasteiger partial charge in [-0.15, -0.1) is 0 Å². The molecule has 2 N–H and O–H groups in total. The molecule has 128 valence electrons. The maximum absolute atomic E-state index is 12.5. The molecule has 0 saturated heterocycles. The summed E-state index contributed by atoms with van der Waals surface area (Å²) >= 11 is 0. The number of carbonyl (C=O) groups is 1. The lowest BCUT2D eigenvalue weighted by Crippen LogP contribution is -2.22. The maximum atomic E-state index is 12.5. The van der Waals surface area contributed by atoms with Gasteiger partial charge < -0.3 is 14.8 Å². The van der Waals surface area contributed by atoms with E-state index in [1.54, 1.807) is 14.2 Å². The summed E-state index contributed by atoms with van der Waals surface area (Å²) < 4.78 is 10.3.